The highest BCUT2D eigenvalue weighted by molar-refractivity contribution is 5.57. The Kier molecular flexibility index (Phi) is 5.66. The molecule has 0 saturated carbocycles. The Labute approximate surface area is 123 Å². The van der Waals surface area contributed by atoms with Crippen LogP contribution in [0.25, 0.3) is 0 Å². The van der Waals surface area contributed by atoms with Crippen LogP contribution in [-0.2, 0) is 6.42 Å². The van der Waals surface area contributed by atoms with Crippen LogP contribution in [0, 0.1) is 0 Å². The van der Waals surface area contributed by atoms with E-state index in [1.54, 1.807) is 0 Å². The molecule has 0 bridgehead atoms. The molecule has 2 rings (SSSR count). The lowest BCUT2D eigenvalue weighted by Crippen LogP contribution is -2.29. The standard InChI is InChI=1S/C18H28N2/c1-4-6-12-20-13-7-8-17-14-16(9-10-18(17)20)15(3)19-11-5-2/h4,6,9-10,14-15,19H,5,7-8,11-13H2,1-3H3/b6-4+. The summed E-state index contributed by atoms with van der Waals surface area (Å²) >= 11 is 0. The molecular formula is C18H28N2. The lowest BCUT2D eigenvalue weighted by molar-refractivity contribution is 0.569. The summed E-state index contributed by atoms with van der Waals surface area (Å²) in [5.74, 6) is 0. The third-order valence-electron chi connectivity index (χ3n) is 4.08. The molecule has 1 aromatic rings. The van der Waals surface area contributed by atoms with Crippen LogP contribution in [0.3, 0.4) is 0 Å². The Morgan fingerprint density at radius 2 is 2.25 bits per heavy atom. The van der Waals surface area contributed by atoms with Gasteiger partial charge in [0.15, 0.2) is 0 Å². The zero-order valence-electron chi connectivity index (χ0n) is 13.2. The van der Waals surface area contributed by atoms with Crippen molar-refractivity contribution in [3.05, 3.63) is 41.5 Å². The average molecular weight is 272 g/mol. The van der Waals surface area contributed by atoms with Crippen LogP contribution in [0.4, 0.5) is 5.69 Å². The van der Waals surface area contributed by atoms with E-state index < -0.39 is 0 Å². The van der Waals surface area contributed by atoms with Gasteiger partial charge in [-0.2, -0.15) is 0 Å². The Balaban J connectivity index is 2.14. The molecule has 1 atom stereocenters. The highest BCUT2D eigenvalue weighted by Crippen LogP contribution is 2.29. The fourth-order valence-corrected chi connectivity index (χ4v) is 2.87. The van der Waals surface area contributed by atoms with E-state index in [9.17, 15) is 0 Å². The number of fused-ring (bicyclic) bond motifs is 1. The van der Waals surface area contributed by atoms with Gasteiger partial charge in [0.2, 0.25) is 0 Å². The predicted octanol–water partition coefficient (Wildman–Crippen LogP) is 4.08. The first kappa shape index (κ1) is 15.1. The van der Waals surface area contributed by atoms with Crippen molar-refractivity contribution >= 4 is 5.69 Å². The molecule has 20 heavy (non-hydrogen) atoms. The van der Waals surface area contributed by atoms with Gasteiger partial charge in [0, 0.05) is 24.8 Å². The van der Waals surface area contributed by atoms with Gasteiger partial charge in [0.1, 0.15) is 0 Å². The van der Waals surface area contributed by atoms with Gasteiger partial charge in [-0.3, -0.25) is 0 Å². The molecule has 0 amide bonds. The third-order valence-corrected chi connectivity index (χ3v) is 4.08. The zero-order chi connectivity index (χ0) is 14.4. The van der Waals surface area contributed by atoms with Crippen LogP contribution in [0.5, 0.6) is 0 Å². The SMILES string of the molecule is C/C=C/CN1CCCc2cc(C(C)NCCC)ccc21. The summed E-state index contributed by atoms with van der Waals surface area (Å²) in [5, 5.41) is 3.58. The smallest absolute Gasteiger partial charge is 0.0401 e. The largest absolute Gasteiger partial charge is 0.368 e. The number of nitrogens with zero attached hydrogens (tertiary/aromatic N) is 1. The van der Waals surface area contributed by atoms with Crippen molar-refractivity contribution < 1.29 is 0 Å². The van der Waals surface area contributed by atoms with Crippen molar-refractivity contribution in [1.29, 1.82) is 0 Å². The monoisotopic (exact) mass is 272 g/mol. The molecule has 2 heteroatoms. The number of hydrogen-bond donors (Lipinski definition) is 1. The van der Waals surface area contributed by atoms with E-state index in [0.29, 0.717) is 6.04 Å². The maximum absolute atomic E-state index is 3.58. The van der Waals surface area contributed by atoms with Gasteiger partial charge in [-0.05, 0) is 56.8 Å². The van der Waals surface area contributed by atoms with Gasteiger partial charge in [-0.15, -0.1) is 0 Å². The van der Waals surface area contributed by atoms with E-state index >= 15 is 0 Å². The molecule has 1 heterocycles. The number of benzene rings is 1. The molecule has 1 aliphatic heterocycles. The molecule has 0 aliphatic carbocycles. The van der Waals surface area contributed by atoms with Gasteiger partial charge in [-0.1, -0.05) is 31.2 Å². The van der Waals surface area contributed by atoms with Gasteiger partial charge in [0.05, 0.1) is 0 Å². The molecular weight excluding hydrogens is 244 g/mol. The molecule has 0 fully saturated rings. The van der Waals surface area contributed by atoms with Crippen LogP contribution in [0.2, 0.25) is 0 Å². The van der Waals surface area contributed by atoms with Crippen LogP contribution >= 0.6 is 0 Å². The van der Waals surface area contributed by atoms with E-state index in [2.05, 4.69) is 61.3 Å². The average Bonchev–Trinajstić information content (AvgIpc) is 2.49. The summed E-state index contributed by atoms with van der Waals surface area (Å²) in [6.45, 7) is 9.87. The molecule has 1 aliphatic rings. The maximum atomic E-state index is 3.58. The number of rotatable bonds is 6. The molecule has 0 saturated heterocycles. The normalized spacial score (nSPS) is 16.4. The van der Waals surface area contributed by atoms with Crippen LogP contribution in [0.15, 0.2) is 30.4 Å². The molecule has 1 N–H and O–H groups in total. The number of hydrogen-bond acceptors (Lipinski definition) is 2. The summed E-state index contributed by atoms with van der Waals surface area (Å²) in [7, 11) is 0. The van der Waals surface area contributed by atoms with Crippen LogP contribution < -0.4 is 10.2 Å². The molecule has 0 spiro atoms. The first-order chi connectivity index (χ1) is 9.76. The fraction of sp³-hybridized carbons (Fsp3) is 0.556. The lowest BCUT2D eigenvalue weighted by atomic mass is 9.96. The van der Waals surface area contributed by atoms with Crippen LogP contribution in [0.1, 0.15) is 50.8 Å². The first-order valence-electron chi connectivity index (χ1n) is 7.98. The fourth-order valence-electron chi connectivity index (χ4n) is 2.87. The minimum absolute atomic E-state index is 0.450. The van der Waals surface area contributed by atoms with Crippen molar-refractivity contribution in [2.45, 2.75) is 46.1 Å². The van der Waals surface area contributed by atoms with E-state index in [0.717, 1.165) is 13.1 Å². The first-order valence-corrected chi connectivity index (χ1v) is 7.98. The second kappa shape index (κ2) is 7.49. The van der Waals surface area contributed by atoms with E-state index in [4.69, 9.17) is 0 Å². The number of nitrogens with one attached hydrogen (secondary N) is 1. The predicted molar refractivity (Wildman–Crippen MR) is 88.5 cm³/mol. The number of anilines is 1. The second-order valence-electron chi connectivity index (χ2n) is 5.68. The minimum atomic E-state index is 0.450. The van der Waals surface area contributed by atoms with Crippen molar-refractivity contribution in [1.82, 2.24) is 5.32 Å². The molecule has 1 unspecified atom stereocenters. The lowest BCUT2D eigenvalue weighted by Gasteiger charge is -2.31. The second-order valence-corrected chi connectivity index (χ2v) is 5.68. The van der Waals surface area contributed by atoms with E-state index in [1.807, 2.05) is 0 Å². The topological polar surface area (TPSA) is 15.3 Å². The van der Waals surface area contributed by atoms with Crippen molar-refractivity contribution in [2.75, 3.05) is 24.5 Å². The van der Waals surface area contributed by atoms with Crippen molar-refractivity contribution in [3.63, 3.8) is 0 Å². The maximum Gasteiger partial charge on any atom is 0.0401 e. The van der Waals surface area contributed by atoms with Gasteiger partial charge < -0.3 is 10.2 Å². The van der Waals surface area contributed by atoms with E-state index in [1.165, 1.54) is 42.6 Å². The van der Waals surface area contributed by atoms with Crippen molar-refractivity contribution in [2.24, 2.45) is 0 Å². The number of aryl methyl sites for hydroxylation is 1. The number of allylic oxidation sites excluding steroid dienone is 1. The van der Waals surface area contributed by atoms with Gasteiger partial charge in [-0.25, -0.2) is 0 Å². The summed E-state index contributed by atoms with van der Waals surface area (Å²) in [4.78, 5) is 2.49. The molecule has 2 nitrogen and oxygen atoms in total. The van der Waals surface area contributed by atoms with Crippen LogP contribution in [-0.4, -0.2) is 19.6 Å². The minimum Gasteiger partial charge on any atom is -0.368 e. The zero-order valence-corrected chi connectivity index (χ0v) is 13.2. The van der Waals surface area contributed by atoms with Gasteiger partial charge in [0.25, 0.3) is 0 Å². The third kappa shape index (κ3) is 3.63. The summed E-state index contributed by atoms with van der Waals surface area (Å²) in [6, 6.07) is 7.47. The molecule has 0 aromatic heterocycles. The van der Waals surface area contributed by atoms with E-state index in [-0.39, 0.29) is 0 Å². The Hall–Kier alpha value is -1.28. The Morgan fingerprint density at radius 3 is 3.00 bits per heavy atom. The highest BCUT2D eigenvalue weighted by atomic mass is 15.1. The Morgan fingerprint density at radius 1 is 1.40 bits per heavy atom. The summed E-state index contributed by atoms with van der Waals surface area (Å²) in [5.41, 5.74) is 4.37. The molecule has 110 valence electrons. The highest BCUT2D eigenvalue weighted by Gasteiger charge is 2.17. The molecule has 0 radical (unpaired) electrons. The Bertz CT molecular complexity index is 451. The quantitative estimate of drug-likeness (QED) is 0.785. The molecule has 1 aromatic carbocycles. The summed E-state index contributed by atoms with van der Waals surface area (Å²) in [6.07, 6.45) is 8.06. The summed E-state index contributed by atoms with van der Waals surface area (Å²) < 4.78 is 0. The van der Waals surface area contributed by atoms with Crippen molar-refractivity contribution in [3.8, 4) is 0 Å². The van der Waals surface area contributed by atoms with Gasteiger partial charge >= 0.3 is 0 Å².